The molecule has 0 aliphatic heterocycles. The fourth-order valence-corrected chi connectivity index (χ4v) is 2.00. The molecule has 20 heavy (non-hydrogen) atoms. The molecule has 0 saturated heterocycles. The van der Waals surface area contributed by atoms with E-state index in [-0.39, 0.29) is 6.03 Å². The molecule has 2 rings (SSSR count). The van der Waals surface area contributed by atoms with Gasteiger partial charge in [0.2, 0.25) is 0 Å². The molecule has 2 aromatic rings. The van der Waals surface area contributed by atoms with Crippen LogP contribution in [0.4, 0.5) is 10.5 Å². The van der Waals surface area contributed by atoms with E-state index < -0.39 is 0 Å². The lowest BCUT2D eigenvalue weighted by Crippen LogP contribution is -2.29. The van der Waals surface area contributed by atoms with Crippen molar-refractivity contribution in [3.05, 3.63) is 48.8 Å². The number of rotatable bonds is 6. The van der Waals surface area contributed by atoms with Crippen LogP contribution in [-0.4, -0.2) is 17.1 Å². The monoisotopic (exact) mass is 271 g/mol. The van der Waals surface area contributed by atoms with Crippen molar-refractivity contribution in [1.82, 2.24) is 9.88 Å². The van der Waals surface area contributed by atoms with Gasteiger partial charge in [0, 0.05) is 30.3 Å². The minimum absolute atomic E-state index is 0.147. The lowest BCUT2D eigenvalue weighted by Gasteiger charge is -2.09. The molecule has 1 aromatic carbocycles. The molecule has 2 N–H and O–H groups in total. The Kier molecular flexibility index (Phi) is 5.24. The van der Waals surface area contributed by atoms with Crippen LogP contribution in [0.5, 0.6) is 0 Å². The predicted octanol–water partition coefficient (Wildman–Crippen LogP) is 3.79. The van der Waals surface area contributed by atoms with E-state index in [0.717, 1.165) is 37.2 Å². The molecule has 0 spiro atoms. The molecular formula is C16H21N3O. The summed E-state index contributed by atoms with van der Waals surface area (Å²) in [6.07, 6.45) is 7.27. The summed E-state index contributed by atoms with van der Waals surface area (Å²) in [5, 5.41) is 5.72. The zero-order chi connectivity index (χ0) is 14.2. The van der Waals surface area contributed by atoms with E-state index in [1.165, 1.54) is 0 Å². The number of carbonyl (C=O) groups excluding carboxylic acids is 1. The van der Waals surface area contributed by atoms with Crippen LogP contribution in [0.1, 0.15) is 26.2 Å². The molecule has 2 amide bonds. The number of hydrogen-bond acceptors (Lipinski definition) is 1. The molecule has 0 unspecified atom stereocenters. The van der Waals surface area contributed by atoms with Gasteiger partial charge in [0.15, 0.2) is 0 Å². The van der Waals surface area contributed by atoms with E-state index in [1.807, 2.05) is 53.4 Å². The average molecular weight is 271 g/mol. The number of nitrogens with one attached hydrogen (secondary N) is 2. The van der Waals surface area contributed by atoms with E-state index in [9.17, 15) is 4.79 Å². The Morgan fingerprint density at radius 1 is 1.15 bits per heavy atom. The van der Waals surface area contributed by atoms with E-state index in [4.69, 9.17) is 0 Å². The summed E-state index contributed by atoms with van der Waals surface area (Å²) in [6.45, 7) is 2.86. The Morgan fingerprint density at radius 2 is 1.95 bits per heavy atom. The maximum absolute atomic E-state index is 11.7. The van der Waals surface area contributed by atoms with Gasteiger partial charge in [-0.1, -0.05) is 25.8 Å². The highest BCUT2D eigenvalue weighted by Gasteiger charge is 2.02. The van der Waals surface area contributed by atoms with Crippen molar-refractivity contribution < 1.29 is 4.79 Å². The number of nitrogens with zero attached hydrogens (tertiary/aromatic N) is 1. The first-order chi connectivity index (χ1) is 9.79. The third-order valence-corrected chi connectivity index (χ3v) is 3.07. The average Bonchev–Trinajstić information content (AvgIpc) is 2.98. The van der Waals surface area contributed by atoms with Gasteiger partial charge in [0.1, 0.15) is 0 Å². The Morgan fingerprint density at radius 3 is 2.70 bits per heavy atom. The number of amides is 2. The van der Waals surface area contributed by atoms with Gasteiger partial charge in [-0.05, 0) is 36.8 Å². The highest BCUT2D eigenvalue weighted by molar-refractivity contribution is 5.89. The number of hydrogen-bond donors (Lipinski definition) is 2. The number of carbonyl (C=O) groups is 1. The van der Waals surface area contributed by atoms with Crippen LogP contribution in [0, 0.1) is 0 Å². The summed E-state index contributed by atoms with van der Waals surface area (Å²) in [5.41, 5.74) is 1.82. The van der Waals surface area contributed by atoms with Gasteiger partial charge in [-0.2, -0.15) is 0 Å². The van der Waals surface area contributed by atoms with Crippen molar-refractivity contribution in [1.29, 1.82) is 0 Å². The molecule has 1 aromatic heterocycles. The van der Waals surface area contributed by atoms with Gasteiger partial charge in [-0.15, -0.1) is 0 Å². The molecule has 106 valence electrons. The molecule has 4 nitrogen and oxygen atoms in total. The lowest BCUT2D eigenvalue weighted by molar-refractivity contribution is 0.252. The Balaban J connectivity index is 1.90. The van der Waals surface area contributed by atoms with E-state index in [2.05, 4.69) is 17.6 Å². The second-order valence-electron chi connectivity index (χ2n) is 4.73. The summed E-state index contributed by atoms with van der Waals surface area (Å²) in [6, 6.07) is 11.6. The number of anilines is 1. The van der Waals surface area contributed by atoms with Gasteiger partial charge in [0.25, 0.3) is 0 Å². The van der Waals surface area contributed by atoms with Crippen LogP contribution >= 0.6 is 0 Å². The van der Waals surface area contributed by atoms with Crippen molar-refractivity contribution >= 4 is 11.7 Å². The topological polar surface area (TPSA) is 46.1 Å². The third-order valence-electron chi connectivity index (χ3n) is 3.07. The fourth-order valence-electron chi connectivity index (χ4n) is 2.00. The second-order valence-corrected chi connectivity index (χ2v) is 4.73. The molecule has 0 radical (unpaired) electrons. The van der Waals surface area contributed by atoms with Gasteiger partial charge in [-0.3, -0.25) is 0 Å². The first-order valence-corrected chi connectivity index (χ1v) is 7.08. The van der Waals surface area contributed by atoms with Crippen LogP contribution in [0.25, 0.3) is 5.69 Å². The Hall–Kier alpha value is -2.23. The maximum Gasteiger partial charge on any atom is 0.319 e. The first-order valence-electron chi connectivity index (χ1n) is 7.08. The smallest absolute Gasteiger partial charge is 0.319 e. The molecule has 0 aliphatic carbocycles. The molecule has 0 saturated carbocycles. The Bertz CT molecular complexity index is 534. The van der Waals surface area contributed by atoms with Gasteiger partial charge >= 0.3 is 6.03 Å². The van der Waals surface area contributed by atoms with Crippen molar-refractivity contribution in [3.63, 3.8) is 0 Å². The summed E-state index contributed by atoms with van der Waals surface area (Å²) >= 11 is 0. The number of aromatic nitrogens is 1. The third kappa shape index (κ3) is 4.16. The normalized spacial score (nSPS) is 10.2. The van der Waals surface area contributed by atoms with Crippen LogP contribution in [0.3, 0.4) is 0 Å². The standard InChI is InChI=1S/C16H21N3O/c1-2-3-4-10-17-16(20)18-14-8-7-9-15(13-14)19-11-5-6-12-19/h5-9,11-13H,2-4,10H2,1H3,(H2,17,18,20). The lowest BCUT2D eigenvalue weighted by atomic mass is 10.2. The zero-order valence-electron chi connectivity index (χ0n) is 11.8. The number of urea groups is 1. The quantitative estimate of drug-likeness (QED) is 0.771. The number of benzene rings is 1. The summed E-state index contributed by atoms with van der Waals surface area (Å²) in [5.74, 6) is 0. The SMILES string of the molecule is CCCCCNC(=O)Nc1cccc(-n2cccc2)c1. The van der Waals surface area contributed by atoms with E-state index >= 15 is 0 Å². The van der Waals surface area contributed by atoms with Crippen molar-refractivity contribution in [3.8, 4) is 5.69 Å². The largest absolute Gasteiger partial charge is 0.338 e. The van der Waals surface area contributed by atoms with Gasteiger partial charge in [0.05, 0.1) is 0 Å². The van der Waals surface area contributed by atoms with Crippen LogP contribution in [-0.2, 0) is 0 Å². The van der Waals surface area contributed by atoms with E-state index in [1.54, 1.807) is 0 Å². The summed E-state index contributed by atoms with van der Waals surface area (Å²) < 4.78 is 2.00. The highest BCUT2D eigenvalue weighted by Crippen LogP contribution is 2.14. The fraction of sp³-hybridized carbons (Fsp3) is 0.312. The van der Waals surface area contributed by atoms with Crippen LogP contribution < -0.4 is 10.6 Å². The van der Waals surface area contributed by atoms with Crippen LogP contribution in [0.15, 0.2) is 48.8 Å². The molecule has 1 heterocycles. The molecule has 0 fully saturated rings. The minimum atomic E-state index is -0.147. The molecule has 4 heteroatoms. The summed E-state index contributed by atoms with van der Waals surface area (Å²) in [4.78, 5) is 11.7. The summed E-state index contributed by atoms with van der Waals surface area (Å²) in [7, 11) is 0. The molecule has 0 aliphatic rings. The maximum atomic E-state index is 11.7. The van der Waals surface area contributed by atoms with Crippen molar-refractivity contribution in [2.75, 3.05) is 11.9 Å². The zero-order valence-corrected chi connectivity index (χ0v) is 11.8. The number of unbranched alkanes of at least 4 members (excludes halogenated alkanes) is 2. The first kappa shape index (κ1) is 14.2. The Labute approximate surface area is 119 Å². The minimum Gasteiger partial charge on any atom is -0.338 e. The van der Waals surface area contributed by atoms with Crippen molar-refractivity contribution in [2.45, 2.75) is 26.2 Å². The van der Waals surface area contributed by atoms with Gasteiger partial charge in [-0.25, -0.2) is 4.79 Å². The second kappa shape index (κ2) is 7.38. The van der Waals surface area contributed by atoms with Gasteiger partial charge < -0.3 is 15.2 Å². The highest BCUT2D eigenvalue weighted by atomic mass is 16.2. The van der Waals surface area contributed by atoms with Crippen molar-refractivity contribution in [2.24, 2.45) is 0 Å². The predicted molar refractivity (Wildman–Crippen MR) is 82.3 cm³/mol. The molecule has 0 bridgehead atoms. The molecule has 0 atom stereocenters. The molecular weight excluding hydrogens is 250 g/mol. The van der Waals surface area contributed by atoms with Crippen LogP contribution in [0.2, 0.25) is 0 Å². The van der Waals surface area contributed by atoms with E-state index in [0.29, 0.717) is 0 Å².